The van der Waals surface area contributed by atoms with Crippen LogP contribution in [0.4, 0.5) is 9.59 Å². The number of rotatable bonds is 20. The van der Waals surface area contributed by atoms with E-state index in [1.165, 1.54) is 9.13 Å². The van der Waals surface area contributed by atoms with Gasteiger partial charge >= 0.3 is 12.2 Å². The molecule has 4 aliphatic heterocycles. The molecule has 6 aliphatic rings. The summed E-state index contributed by atoms with van der Waals surface area (Å²) in [6, 6.07) is 18.8. The fraction of sp³-hybridized carbons (Fsp3) is 0.619. The van der Waals surface area contributed by atoms with Crippen LogP contribution >= 0.6 is 0 Å². The molecular formula is C97H140N16O15. The Labute approximate surface area is 753 Å². The molecule has 4 saturated heterocycles. The number of nitrogens with one attached hydrogen (secondary N) is 7. The minimum Gasteiger partial charge on any atom is -0.443 e. The molecule has 6 fully saturated rings. The molecule has 0 radical (unpaired) electrons. The lowest BCUT2D eigenvalue weighted by Crippen LogP contribution is -2.52. The number of carbonyl (C=O) groups excluding carboxylic acids is 13. The molecule has 0 bridgehead atoms. The number of ether oxygens (including phenoxy) is 2. The van der Waals surface area contributed by atoms with Gasteiger partial charge in [-0.25, -0.2) is 9.59 Å². The molecule has 128 heavy (non-hydrogen) atoms. The van der Waals surface area contributed by atoms with Gasteiger partial charge in [-0.2, -0.15) is 0 Å². The van der Waals surface area contributed by atoms with E-state index in [0.717, 1.165) is 69.8 Å². The number of carbonyl (C=O) groups is 13. The van der Waals surface area contributed by atoms with Crippen molar-refractivity contribution in [2.24, 2.45) is 62.7 Å². The number of hydrogen-bond acceptors (Lipinski definition) is 18. The maximum absolute atomic E-state index is 14.9. The van der Waals surface area contributed by atoms with Crippen LogP contribution in [0.5, 0.6) is 0 Å². The maximum atomic E-state index is 14.9. The summed E-state index contributed by atoms with van der Waals surface area (Å²) < 4.78 is 14.3. The Hall–Kier alpha value is -10.9. The van der Waals surface area contributed by atoms with Gasteiger partial charge in [0.1, 0.15) is 17.2 Å². The maximum Gasteiger partial charge on any atom is 0.419 e. The van der Waals surface area contributed by atoms with E-state index in [1.807, 2.05) is 66.7 Å². The van der Waals surface area contributed by atoms with Gasteiger partial charge in [-0.3, -0.25) is 71.9 Å². The predicted molar refractivity (Wildman–Crippen MR) is 491 cm³/mol. The summed E-state index contributed by atoms with van der Waals surface area (Å²) in [5.74, 6) is -5.68. The molecule has 10 atom stereocenters. The second-order valence-corrected chi connectivity index (χ2v) is 37.8. The zero-order valence-electron chi connectivity index (χ0n) is 76.5. The third-order valence-electron chi connectivity index (χ3n) is 25.7. The molecule has 0 spiro atoms. The van der Waals surface area contributed by atoms with Crippen LogP contribution in [-0.4, -0.2) is 208 Å². The molecule has 7 amide bonds. The van der Waals surface area contributed by atoms with E-state index in [2.05, 4.69) is 47.2 Å². The van der Waals surface area contributed by atoms with Crippen molar-refractivity contribution in [2.45, 2.75) is 294 Å². The summed E-state index contributed by atoms with van der Waals surface area (Å²) in [6.07, 6.45) is 18.4. The number of aromatic nitrogens is 2. The number of nitrogens with two attached hydrogens (primary N) is 3. The molecule has 31 nitrogen and oxygen atoms in total. The Morgan fingerprint density at radius 2 is 0.891 bits per heavy atom. The van der Waals surface area contributed by atoms with E-state index < -0.39 is 95.1 Å². The summed E-state index contributed by atoms with van der Waals surface area (Å²) in [6.45, 7) is 12.7. The predicted octanol–water partition coefficient (Wildman–Crippen LogP) is 10.0. The van der Waals surface area contributed by atoms with Crippen molar-refractivity contribution in [3.8, 4) is 0 Å². The highest BCUT2D eigenvalue weighted by Gasteiger charge is 2.43. The van der Waals surface area contributed by atoms with Crippen LogP contribution < -0.4 is 54.4 Å². The first-order valence-corrected chi connectivity index (χ1v) is 46.8. The van der Waals surface area contributed by atoms with Crippen LogP contribution in [0.3, 0.4) is 0 Å². The number of nitrogens with zero attached hydrogens (tertiary/aromatic N) is 6. The zero-order valence-corrected chi connectivity index (χ0v) is 76.5. The molecule has 13 N–H and O–H groups in total. The fourth-order valence-corrected chi connectivity index (χ4v) is 19.0. The third kappa shape index (κ3) is 29.3. The Morgan fingerprint density at radius 3 is 1.33 bits per heavy atom. The minimum atomic E-state index is -1.12. The Bertz CT molecular complexity index is 4720. The lowest BCUT2D eigenvalue weighted by Gasteiger charge is -2.31. The summed E-state index contributed by atoms with van der Waals surface area (Å²) >= 11 is 0. The highest BCUT2D eigenvalue weighted by Crippen LogP contribution is 2.36. The molecule has 3 aromatic carbocycles. The molecule has 2 aliphatic carbocycles. The molecule has 11 rings (SSSR count). The largest absolute Gasteiger partial charge is 0.443 e. The van der Waals surface area contributed by atoms with E-state index in [-0.39, 0.29) is 141 Å². The van der Waals surface area contributed by atoms with Crippen LogP contribution in [-0.2, 0) is 81.5 Å². The van der Waals surface area contributed by atoms with Crippen LogP contribution in [0, 0.1) is 35.5 Å². The van der Waals surface area contributed by atoms with E-state index in [1.54, 1.807) is 90.0 Å². The molecule has 0 unspecified atom stereocenters. The average Bonchev–Trinajstić information content (AvgIpc) is 1.64. The number of para-hydroxylation sites is 2. The normalized spacial score (nSPS) is 24.1. The summed E-state index contributed by atoms with van der Waals surface area (Å²) in [4.78, 5) is 195. The number of aliphatic imine (C=N–C) groups is 2. The molecule has 2 aromatic heterocycles. The van der Waals surface area contributed by atoms with Crippen molar-refractivity contribution >= 4 is 110 Å². The first-order valence-electron chi connectivity index (χ1n) is 46.8. The highest BCUT2D eigenvalue weighted by molar-refractivity contribution is 6.01. The van der Waals surface area contributed by atoms with Gasteiger partial charge in [-0.05, 0) is 179 Å². The van der Waals surface area contributed by atoms with E-state index >= 15 is 0 Å². The van der Waals surface area contributed by atoms with Crippen molar-refractivity contribution < 1.29 is 71.8 Å². The molecule has 2 saturated carbocycles. The van der Waals surface area contributed by atoms with E-state index in [9.17, 15) is 62.3 Å². The number of aryl methyl sites for hydroxylation is 1. The van der Waals surface area contributed by atoms with Crippen LogP contribution in [0.25, 0.3) is 21.8 Å². The first-order chi connectivity index (χ1) is 61.2. The Kier molecular flexibility index (Phi) is 37.2. The van der Waals surface area contributed by atoms with E-state index in [4.69, 9.17) is 26.7 Å². The fourth-order valence-electron chi connectivity index (χ4n) is 19.0. The van der Waals surface area contributed by atoms with Gasteiger partial charge in [-0.15, -0.1) is 0 Å². The van der Waals surface area contributed by atoms with Gasteiger partial charge < -0.3 is 73.7 Å². The zero-order chi connectivity index (χ0) is 92.2. The van der Waals surface area contributed by atoms with Gasteiger partial charge in [0.15, 0.2) is 35.1 Å². The molecular weight excluding hydrogens is 1630 g/mol. The van der Waals surface area contributed by atoms with Crippen LogP contribution in [0.2, 0.25) is 0 Å². The van der Waals surface area contributed by atoms with Crippen molar-refractivity contribution in [2.75, 3.05) is 53.4 Å². The van der Waals surface area contributed by atoms with Crippen LogP contribution in [0.1, 0.15) is 244 Å². The van der Waals surface area contributed by atoms with Crippen molar-refractivity contribution in [1.29, 1.82) is 0 Å². The Morgan fingerprint density at radius 1 is 0.477 bits per heavy atom. The van der Waals surface area contributed by atoms with Crippen molar-refractivity contribution in [3.05, 3.63) is 108 Å². The quantitative estimate of drug-likeness (QED) is 0.0197. The van der Waals surface area contributed by atoms with Gasteiger partial charge in [-0.1, -0.05) is 131 Å². The topological polar surface area (TPSA) is 444 Å². The van der Waals surface area contributed by atoms with Crippen LogP contribution in [0.15, 0.2) is 101 Å². The lowest BCUT2D eigenvalue weighted by molar-refractivity contribution is -0.142. The number of ketones is 4. The van der Waals surface area contributed by atoms with Gasteiger partial charge in [0.2, 0.25) is 41.4 Å². The Balaban J connectivity index is 0.000000270. The summed E-state index contributed by atoms with van der Waals surface area (Å²) in [7, 11) is 3.13. The number of hydrogen-bond donors (Lipinski definition) is 10. The first kappa shape index (κ1) is 99.3. The second kappa shape index (κ2) is 48.0. The van der Waals surface area contributed by atoms with Gasteiger partial charge in [0.05, 0.1) is 41.2 Å². The average molecular weight is 1770 g/mol. The summed E-state index contributed by atoms with van der Waals surface area (Å²) in [5.41, 5.74) is 20.0. The van der Waals surface area contributed by atoms with Crippen molar-refractivity contribution in [3.63, 3.8) is 0 Å². The highest BCUT2D eigenvalue weighted by atomic mass is 16.6. The number of Topliss-reactive ketones (excluding diaryl/α,β-unsaturated/α-hetero) is 4. The SMILES string of the molecule is CN=C(N)NCCC[C@@H]1CC(=O)[C@H](Cc2cn(C(=O)OC(C)(C)C)c3ccccc23)NC(=O)[C@@H](CC2CCCCC2)CC(=O)[C@@H]2CCCN2C(=O)[C@@H](N)CCCNC1=O.CN=C(N)NCCC[C@@H]1CC(=O)[C@H](Cc2cn(C(=O)OC(C)(C)C)c3ccccc23)NC(=O)[C@@H](CC2CCCCC2)CC(=O)[C@@H]2CCCN2C(=O)[C@@H](NC(=O)CCc2ccccc2)CCCNC1=O. The second-order valence-electron chi connectivity index (χ2n) is 37.8. The number of guanidine groups is 2. The number of benzene rings is 3. The van der Waals surface area contributed by atoms with Crippen molar-refractivity contribution in [1.82, 2.24) is 56.2 Å². The number of fused-ring (bicyclic) bond motifs is 4. The standard InChI is InChI=1S/C53H74N8O8.C44H66N8O7/c1-53(2,3)69-52(68)61-34-39(40-21-11-12-23-43(40)61)31-42-45(62)32-37(20-13-28-57-51(54)55-4)48(65)56-27-14-22-41(58-47(64)26-25-35-16-7-5-8-17-35)50(67)60-29-15-24-44(60)46(63)33-38(49(66)59-42)30-36-18-9-6-10-19-36;1-44(2,3)59-43(58)52-27-31(32-16-8-9-18-35(32)52)24-34-37(53)25-29(15-10-21-49-42(46)47-4)39(55)48-20-11-17-33(45)41(57)51-22-12-19-36(51)38(54)26-30(40(56)50-34)23-28-13-6-5-7-14-28/h5,7-8,11-12,16-17,21,23,34,36-38,41-42,44H,6,9-10,13-15,18-20,22,24-33H2,1-4H3,(H,56,65)(H,58,64)(H,59,66)(H3,54,55,57);8-9,16,18,27-30,33-34,36H,5-7,10-15,17,19-26,45H2,1-4H3,(H,48,55)(H,50,56)(H3,46,47,49)/t37-,38+,41+,42+,44+;29-,30+,33+,34+,36+/m11/s1. The number of amides is 7. The molecule has 31 heteroatoms. The third-order valence-corrected chi connectivity index (χ3v) is 25.7. The molecule has 5 aromatic rings. The smallest absolute Gasteiger partial charge is 0.419 e. The van der Waals surface area contributed by atoms with E-state index in [0.29, 0.717) is 149 Å². The molecule has 698 valence electrons. The van der Waals surface area contributed by atoms with Gasteiger partial charge in [0.25, 0.3) is 0 Å². The minimum absolute atomic E-state index is 0.00767. The lowest BCUT2D eigenvalue weighted by atomic mass is 9.80. The molecule has 6 heterocycles. The van der Waals surface area contributed by atoms with Gasteiger partial charge in [0, 0.05) is 145 Å². The summed E-state index contributed by atoms with van der Waals surface area (Å²) in [5, 5.41) is 22.5. The monoisotopic (exact) mass is 1770 g/mol.